The van der Waals surface area contributed by atoms with Gasteiger partial charge in [-0.1, -0.05) is 13.3 Å². The number of hydrogen-bond donors (Lipinski definition) is 4. The van der Waals surface area contributed by atoms with Gasteiger partial charge in [-0.3, -0.25) is 4.90 Å². The second kappa shape index (κ2) is 6.12. The molecule has 2 rings (SSSR count). The molecule has 0 radical (unpaired) electrons. The van der Waals surface area contributed by atoms with Crippen LogP contribution < -0.4 is 5.32 Å². The van der Waals surface area contributed by atoms with Crippen molar-refractivity contribution in [1.82, 2.24) is 10.2 Å². The molecule has 0 bridgehead atoms. The number of benzene rings is 1. The maximum absolute atomic E-state index is 10.0. The first kappa shape index (κ1) is 14.0. The van der Waals surface area contributed by atoms with Crippen molar-refractivity contribution in [3.8, 4) is 17.2 Å². The molecule has 19 heavy (non-hydrogen) atoms. The largest absolute Gasteiger partial charge is 0.508 e. The van der Waals surface area contributed by atoms with Crippen LogP contribution in [0, 0.1) is 0 Å². The second-order valence-corrected chi connectivity index (χ2v) is 4.99. The molecule has 106 valence electrons. The molecule has 4 N–H and O–H groups in total. The Bertz CT molecular complexity index is 408. The molecule has 0 unspecified atom stereocenters. The summed E-state index contributed by atoms with van der Waals surface area (Å²) in [6.45, 7) is 5.71. The third-order valence-electron chi connectivity index (χ3n) is 3.61. The lowest BCUT2D eigenvalue weighted by Gasteiger charge is -2.35. The van der Waals surface area contributed by atoms with E-state index >= 15 is 0 Å². The molecule has 1 saturated heterocycles. The second-order valence-electron chi connectivity index (χ2n) is 4.99. The van der Waals surface area contributed by atoms with Crippen LogP contribution in [-0.2, 0) is 0 Å². The fourth-order valence-corrected chi connectivity index (χ4v) is 2.73. The van der Waals surface area contributed by atoms with E-state index in [0.29, 0.717) is 5.56 Å². The average molecular weight is 266 g/mol. The highest BCUT2D eigenvalue weighted by molar-refractivity contribution is 5.50. The van der Waals surface area contributed by atoms with Gasteiger partial charge >= 0.3 is 0 Å². The third kappa shape index (κ3) is 3.11. The van der Waals surface area contributed by atoms with Crippen LogP contribution in [0.25, 0.3) is 0 Å². The van der Waals surface area contributed by atoms with Crippen molar-refractivity contribution in [1.29, 1.82) is 0 Å². The summed E-state index contributed by atoms with van der Waals surface area (Å²) < 4.78 is 0. The van der Waals surface area contributed by atoms with Gasteiger partial charge in [-0.05, 0) is 6.42 Å². The normalized spacial score (nSPS) is 18.4. The lowest BCUT2D eigenvalue weighted by molar-refractivity contribution is 0.159. The van der Waals surface area contributed by atoms with Crippen molar-refractivity contribution in [3.63, 3.8) is 0 Å². The maximum Gasteiger partial charge on any atom is 0.127 e. The first-order valence-electron chi connectivity index (χ1n) is 6.83. The van der Waals surface area contributed by atoms with Crippen LogP contribution >= 0.6 is 0 Å². The van der Waals surface area contributed by atoms with Gasteiger partial charge in [0.15, 0.2) is 0 Å². The first-order valence-corrected chi connectivity index (χ1v) is 6.83. The van der Waals surface area contributed by atoms with Crippen molar-refractivity contribution < 1.29 is 15.3 Å². The van der Waals surface area contributed by atoms with Crippen molar-refractivity contribution in [2.75, 3.05) is 26.2 Å². The summed E-state index contributed by atoms with van der Waals surface area (Å²) in [5, 5.41) is 32.8. The van der Waals surface area contributed by atoms with Crippen LogP contribution in [-0.4, -0.2) is 46.4 Å². The third-order valence-corrected chi connectivity index (χ3v) is 3.61. The minimum absolute atomic E-state index is 0.00676. The number of nitrogens with zero attached hydrogens (tertiary/aromatic N) is 1. The molecule has 5 heteroatoms. The van der Waals surface area contributed by atoms with Crippen LogP contribution in [0.15, 0.2) is 12.1 Å². The molecule has 1 aliphatic rings. The van der Waals surface area contributed by atoms with Crippen LogP contribution in [0.3, 0.4) is 0 Å². The molecule has 1 fully saturated rings. The van der Waals surface area contributed by atoms with Crippen LogP contribution in [0.5, 0.6) is 17.2 Å². The maximum atomic E-state index is 10.0. The highest BCUT2D eigenvalue weighted by atomic mass is 16.3. The number of nitrogens with one attached hydrogen (secondary N) is 1. The molecule has 1 aromatic rings. The Labute approximate surface area is 113 Å². The zero-order valence-corrected chi connectivity index (χ0v) is 11.3. The smallest absolute Gasteiger partial charge is 0.127 e. The SMILES string of the molecule is CCC[C@H](c1c(O)cc(O)cc1O)N1CCNCC1. The number of piperazine rings is 1. The van der Waals surface area contributed by atoms with E-state index in [1.807, 2.05) is 0 Å². The van der Waals surface area contributed by atoms with Crippen molar-refractivity contribution in [2.24, 2.45) is 0 Å². The fraction of sp³-hybridized carbons (Fsp3) is 0.571. The van der Waals surface area contributed by atoms with Crippen molar-refractivity contribution >= 4 is 0 Å². The highest BCUT2D eigenvalue weighted by Crippen LogP contribution is 2.40. The summed E-state index contributed by atoms with van der Waals surface area (Å²) in [5.41, 5.74) is 0.529. The van der Waals surface area contributed by atoms with E-state index in [2.05, 4.69) is 17.1 Å². The Morgan fingerprint density at radius 2 is 1.74 bits per heavy atom. The number of phenolic OH excluding ortho intramolecular Hbond substituents is 3. The van der Waals surface area contributed by atoms with Gasteiger partial charge in [-0.25, -0.2) is 0 Å². The molecular weight excluding hydrogens is 244 g/mol. The van der Waals surface area contributed by atoms with E-state index in [9.17, 15) is 15.3 Å². The Morgan fingerprint density at radius 3 is 2.26 bits per heavy atom. The molecule has 0 saturated carbocycles. The van der Waals surface area contributed by atoms with Gasteiger partial charge in [0.2, 0.25) is 0 Å². The van der Waals surface area contributed by atoms with Gasteiger partial charge in [-0.2, -0.15) is 0 Å². The number of rotatable bonds is 4. The summed E-state index contributed by atoms with van der Waals surface area (Å²) in [7, 11) is 0. The summed E-state index contributed by atoms with van der Waals surface area (Å²) in [5.74, 6) is -0.182. The zero-order valence-electron chi connectivity index (χ0n) is 11.3. The molecule has 0 amide bonds. The van der Waals surface area contributed by atoms with E-state index in [1.54, 1.807) is 0 Å². The average Bonchev–Trinajstić information content (AvgIpc) is 2.37. The quantitative estimate of drug-likeness (QED) is 0.665. The number of aromatic hydroxyl groups is 3. The van der Waals surface area contributed by atoms with E-state index in [0.717, 1.165) is 39.0 Å². The standard InChI is InChI=1S/C14H22N2O3/c1-2-3-11(16-6-4-15-5-7-16)14-12(18)8-10(17)9-13(14)19/h8-9,11,15,17-19H,2-7H2,1H3/t11-/m1/s1. The minimum Gasteiger partial charge on any atom is -0.508 e. The highest BCUT2D eigenvalue weighted by Gasteiger charge is 2.26. The molecular formula is C14H22N2O3. The Hall–Kier alpha value is -1.46. The van der Waals surface area contributed by atoms with Crippen LogP contribution in [0.1, 0.15) is 31.4 Å². The van der Waals surface area contributed by atoms with E-state index in [1.165, 1.54) is 12.1 Å². The van der Waals surface area contributed by atoms with E-state index in [-0.39, 0.29) is 23.3 Å². The zero-order chi connectivity index (χ0) is 13.8. The minimum atomic E-state index is -0.116. The molecule has 1 atom stereocenters. The Morgan fingerprint density at radius 1 is 1.16 bits per heavy atom. The first-order chi connectivity index (χ1) is 9.13. The molecule has 5 nitrogen and oxygen atoms in total. The molecule has 0 aliphatic carbocycles. The van der Waals surface area contributed by atoms with Gasteiger partial charge in [0.25, 0.3) is 0 Å². The molecule has 1 aliphatic heterocycles. The van der Waals surface area contributed by atoms with Crippen LogP contribution in [0.4, 0.5) is 0 Å². The summed E-state index contributed by atoms with van der Waals surface area (Å²) >= 11 is 0. The summed E-state index contributed by atoms with van der Waals surface area (Å²) in [4.78, 5) is 2.27. The monoisotopic (exact) mass is 266 g/mol. The molecule has 0 aromatic heterocycles. The predicted octanol–water partition coefficient (Wildman–Crippen LogP) is 1.55. The number of hydrogen-bond acceptors (Lipinski definition) is 5. The van der Waals surface area contributed by atoms with E-state index in [4.69, 9.17) is 0 Å². The van der Waals surface area contributed by atoms with Gasteiger partial charge in [0.05, 0.1) is 5.56 Å². The summed E-state index contributed by atoms with van der Waals surface area (Å²) in [6.07, 6.45) is 1.83. The fourth-order valence-electron chi connectivity index (χ4n) is 2.73. The Kier molecular flexibility index (Phi) is 4.50. The molecule has 0 spiro atoms. The van der Waals surface area contributed by atoms with Gasteiger partial charge < -0.3 is 20.6 Å². The summed E-state index contributed by atoms with van der Waals surface area (Å²) in [6, 6.07) is 2.58. The van der Waals surface area contributed by atoms with Crippen LogP contribution in [0.2, 0.25) is 0 Å². The van der Waals surface area contributed by atoms with Gasteiger partial charge in [0.1, 0.15) is 17.2 Å². The Balaban J connectivity index is 2.32. The van der Waals surface area contributed by atoms with Gasteiger partial charge in [0, 0.05) is 44.4 Å². The molecule has 1 heterocycles. The molecule has 1 aromatic carbocycles. The lowest BCUT2D eigenvalue weighted by Crippen LogP contribution is -2.45. The van der Waals surface area contributed by atoms with Gasteiger partial charge in [-0.15, -0.1) is 0 Å². The van der Waals surface area contributed by atoms with E-state index < -0.39 is 0 Å². The van der Waals surface area contributed by atoms with Crippen molar-refractivity contribution in [3.05, 3.63) is 17.7 Å². The van der Waals surface area contributed by atoms with Crippen molar-refractivity contribution in [2.45, 2.75) is 25.8 Å². The topological polar surface area (TPSA) is 76.0 Å². The number of phenols is 3. The lowest BCUT2D eigenvalue weighted by atomic mass is 9.97. The predicted molar refractivity (Wildman–Crippen MR) is 73.5 cm³/mol.